The predicted octanol–water partition coefficient (Wildman–Crippen LogP) is -1.62. The Kier molecular flexibility index (Phi) is 3.21. The zero-order chi connectivity index (χ0) is 6.97. The average Bonchev–Trinajstić information content (AvgIpc) is 2.36. The quantitative estimate of drug-likeness (QED) is 0.487. The van der Waals surface area contributed by atoms with Gasteiger partial charge in [-0.3, -0.25) is 0 Å². The van der Waals surface area contributed by atoms with Crippen LogP contribution in [0.25, 0.3) is 11.0 Å². The number of hydrogen-bond donors (Lipinski definition) is 1. The summed E-state index contributed by atoms with van der Waals surface area (Å²) in [5.41, 5.74) is 3.05. The minimum atomic E-state index is 0. The molecule has 11 heavy (non-hydrogen) atoms. The molecule has 0 aliphatic heterocycles. The molecule has 3 nitrogen and oxygen atoms in total. The van der Waals surface area contributed by atoms with E-state index in [0.29, 0.717) is 0 Å². The van der Waals surface area contributed by atoms with Gasteiger partial charge >= 0.3 is 51.4 Å². The van der Waals surface area contributed by atoms with Gasteiger partial charge in [0.1, 0.15) is 11.0 Å². The van der Waals surface area contributed by atoms with E-state index in [1.807, 2.05) is 25.1 Å². The molecule has 0 atom stereocenters. The van der Waals surface area contributed by atoms with Gasteiger partial charge in [-0.1, -0.05) is 12.1 Å². The van der Waals surface area contributed by atoms with Gasteiger partial charge in [-0.15, -0.1) is 0 Å². The van der Waals surface area contributed by atoms with Crippen molar-refractivity contribution in [3.05, 3.63) is 23.8 Å². The van der Waals surface area contributed by atoms with Gasteiger partial charge in [0.25, 0.3) is 0 Å². The maximum absolute atomic E-state index is 3.98. The Morgan fingerprint density at radius 1 is 1.36 bits per heavy atom. The van der Waals surface area contributed by atoms with Gasteiger partial charge in [0, 0.05) is 0 Å². The van der Waals surface area contributed by atoms with Crippen LogP contribution in [0.4, 0.5) is 0 Å². The molecule has 0 saturated carbocycles. The summed E-state index contributed by atoms with van der Waals surface area (Å²) in [4.78, 5) is 0. The van der Waals surface area contributed by atoms with Crippen molar-refractivity contribution in [1.29, 1.82) is 0 Å². The molecule has 0 bridgehead atoms. The third kappa shape index (κ3) is 1.70. The number of nitrogens with zero attached hydrogens (tertiary/aromatic N) is 2. The van der Waals surface area contributed by atoms with Crippen LogP contribution in [0.1, 0.15) is 6.99 Å². The van der Waals surface area contributed by atoms with E-state index < -0.39 is 0 Å². The number of para-hydroxylation sites is 1. The molecule has 0 aliphatic rings. The number of benzene rings is 1. The minimum absolute atomic E-state index is 0. The average molecular weight is 173 g/mol. The van der Waals surface area contributed by atoms with E-state index >= 15 is 0 Å². The molecule has 0 amide bonds. The van der Waals surface area contributed by atoms with Crippen molar-refractivity contribution in [2.45, 2.75) is 6.92 Å². The molecule has 0 spiro atoms. The summed E-state index contributed by atoms with van der Waals surface area (Å²) in [6, 6.07) is 5.93. The van der Waals surface area contributed by atoms with Crippen LogP contribution >= 0.6 is 0 Å². The number of aromatic nitrogens is 3. The second-order valence-corrected chi connectivity index (χ2v) is 2.27. The molecule has 0 radical (unpaired) electrons. The van der Waals surface area contributed by atoms with E-state index in [1.165, 1.54) is 0 Å². The summed E-state index contributed by atoms with van der Waals surface area (Å²) < 4.78 is 0. The summed E-state index contributed by atoms with van der Waals surface area (Å²) >= 11 is 0. The summed E-state index contributed by atoms with van der Waals surface area (Å²) in [6.07, 6.45) is 0. The standard InChI is InChI=1S/C7H7N3.K.H/c1-5-3-2-4-6-7(5)9-10-8-6;;/h2-4H,1H3,(H,8,9,10);;/q;+1;-1. The van der Waals surface area contributed by atoms with E-state index in [9.17, 15) is 0 Å². The van der Waals surface area contributed by atoms with E-state index in [2.05, 4.69) is 15.4 Å². The van der Waals surface area contributed by atoms with Crippen LogP contribution in [0.3, 0.4) is 0 Å². The first-order chi connectivity index (χ1) is 4.88. The van der Waals surface area contributed by atoms with Crippen LogP contribution in [-0.2, 0) is 0 Å². The van der Waals surface area contributed by atoms with Crippen LogP contribution in [0.15, 0.2) is 18.2 Å². The number of rotatable bonds is 0. The van der Waals surface area contributed by atoms with E-state index in [0.717, 1.165) is 16.6 Å². The Morgan fingerprint density at radius 3 is 2.91 bits per heavy atom. The molecule has 4 heteroatoms. The number of aryl methyl sites for hydroxylation is 1. The van der Waals surface area contributed by atoms with Crippen LogP contribution < -0.4 is 51.4 Å². The zero-order valence-electron chi connectivity index (χ0n) is 7.63. The van der Waals surface area contributed by atoms with Crippen molar-refractivity contribution in [3.63, 3.8) is 0 Å². The Balaban J connectivity index is 0.000000605. The van der Waals surface area contributed by atoms with Gasteiger partial charge in [-0.25, -0.2) is 0 Å². The minimum Gasteiger partial charge on any atom is -1.00 e. The van der Waals surface area contributed by atoms with Crippen molar-refractivity contribution < 1.29 is 52.8 Å². The maximum Gasteiger partial charge on any atom is 1.00 e. The second-order valence-electron chi connectivity index (χ2n) is 2.27. The Labute approximate surface area is 108 Å². The first-order valence-corrected chi connectivity index (χ1v) is 3.14. The number of hydrogen-bond acceptors (Lipinski definition) is 2. The Morgan fingerprint density at radius 2 is 2.18 bits per heavy atom. The predicted molar refractivity (Wildman–Crippen MR) is 39.7 cm³/mol. The molecule has 1 N–H and O–H groups in total. The number of aromatic amines is 1. The summed E-state index contributed by atoms with van der Waals surface area (Å²) in [6.45, 7) is 2.02. The monoisotopic (exact) mass is 173 g/mol. The van der Waals surface area contributed by atoms with Crippen molar-refractivity contribution >= 4 is 11.0 Å². The first kappa shape index (κ1) is 9.35. The van der Waals surface area contributed by atoms with Gasteiger partial charge < -0.3 is 1.43 Å². The number of fused-ring (bicyclic) bond motifs is 1. The molecule has 0 fully saturated rings. The Bertz CT molecular complexity index is 360. The van der Waals surface area contributed by atoms with Crippen LogP contribution in [0.5, 0.6) is 0 Å². The summed E-state index contributed by atoms with van der Waals surface area (Å²) in [5, 5.41) is 10.5. The largest absolute Gasteiger partial charge is 1.00 e. The molecule has 1 heterocycles. The van der Waals surface area contributed by atoms with Crippen molar-refractivity contribution in [2.24, 2.45) is 0 Å². The first-order valence-electron chi connectivity index (χ1n) is 3.14. The van der Waals surface area contributed by atoms with Crippen LogP contribution in [-0.4, -0.2) is 15.4 Å². The van der Waals surface area contributed by atoms with E-state index in [4.69, 9.17) is 0 Å². The molecule has 52 valence electrons. The van der Waals surface area contributed by atoms with Crippen LogP contribution in [0.2, 0.25) is 0 Å². The van der Waals surface area contributed by atoms with Crippen LogP contribution in [0, 0.1) is 6.92 Å². The molecule has 1 aromatic carbocycles. The molecule has 0 unspecified atom stereocenters. The van der Waals surface area contributed by atoms with Gasteiger partial charge in [-0.2, -0.15) is 15.4 Å². The Hall–Kier alpha value is 0.256. The molecular formula is C7H8KN3. The smallest absolute Gasteiger partial charge is 1.00 e. The second kappa shape index (κ2) is 3.78. The van der Waals surface area contributed by atoms with E-state index in [-0.39, 0.29) is 52.8 Å². The van der Waals surface area contributed by atoms with Crippen molar-refractivity contribution in [2.75, 3.05) is 0 Å². The fourth-order valence-electron chi connectivity index (χ4n) is 1.01. The zero-order valence-corrected chi connectivity index (χ0v) is 9.75. The number of nitrogens with one attached hydrogen (secondary N) is 1. The van der Waals surface area contributed by atoms with Crippen molar-refractivity contribution in [1.82, 2.24) is 15.4 Å². The van der Waals surface area contributed by atoms with Crippen molar-refractivity contribution in [3.8, 4) is 0 Å². The fraction of sp³-hybridized carbons (Fsp3) is 0.143. The third-order valence-corrected chi connectivity index (χ3v) is 1.55. The molecule has 0 saturated heterocycles. The molecule has 2 rings (SSSR count). The molecule has 2 aromatic rings. The summed E-state index contributed by atoms with van der Waals surface area (Å²) in [5.74, 6) is 0. The maximum atomic E-state index is 3.98. The molecule has 1 aromatic heterocycles. The topological polar surface area (TPSA) is 41.6 Å². The van der Waals surface area contributed by atoms with Gasteiger partial charge in [0.2, 0.25) is 0 Å². The number of H-pyrrole nitrogens is 1. The molecular weight excluding hydrogens is 165 g/mol. The van der Waals surface area contributed by atoms with Gasteiger partial charge in [0.05, 0.1) is 0 Å². The third-order valence-electron chi connectivity index (χ3n) is 1.55. The van der Waals surface area contributed by atoms with E-state index in [1.54, 1.807) is 0 Å². The van der Waals surface area contributed by atoms with Gasteiger partial charge in [-0.05, 0) is 18.6 Å². The van der Waals surface area contributed by atoms with Gasteiger partial charge in [0.15, 0.2) is 0 Å². The fourth-order valence-corrected chi connectivity index (χ4v) is 1.01. The SMILES string of the molecule is Cc1cccc2n[nH]nc12.[H-].[K+]. The summed E-state index contributed by atoms with van der Waals surface area (Å²) in [7, 11) is 0. The normalized spacial score (nSPS) is 9.55. The molecule has 0 aliphatic carbocycles.